The van der Waals surface area contributed by atoms with Crippen LogP contribution >= 0.6 is 11.6 Å². The second-order valence-electron chi connectivity index (χ2n) is 3.86. The third-order valence-corrected chi connectivity index (χ3v) is 2.89. The fourth-order valence-corrected chi connectivity index (χ4v) is 1.88. The summed E-state index contributed by atoms with van der Waals surface area (Å²) >= 11 is 6.20. The van der Waals surface area contributed by atoms with Crippen molar-refractivity contribution in [2.24, 2.45) is 0 Å². The Hall–Kier alpha value is -1.06. The molecule has 0 N–H and O–H groups in total. The van der Waals surface area contributed by atoms with E-state index in [1.165, 1.54) is 0 Å². The number of aromatic nitrogens is 1. The van der Waals surface area contributed by atoms with Crippen molar-refractivity contribution in [1.82, 2.24) is 4.98 Å². The lowest BCUT2D eigenvalue weighted by Crippen LogP contribution is -2.08. The van der Waals surface area contributed by atoms with E-state index in [-0.39, 0.29) is 5.38 Å². The molecule has 1 unspecified atom stereocenters. The minimum atomic E-state index is 0.00890. The second kappa shape index (κ2) is 6.03. The van der Waals surface area contributed by atoms with Gasteiger partial charge in [0.1, 0.15) is 5.52 Å². The Labute approximate surface area is 106 Å². The monoisotopic (exact) mass is 253 g/mol. The third kappa shape index (κ3) is 3.45. The molecule has 0 aliphatic carbocycles. The Morgan fingerprint density at radius 3 is 3.00 bits per heavy atom. The lowest BCUT2D eigenvalue weighted by molar-refractivity contribution is 0.144. The van der Waals surface area contributed by atoms with Gasteiger partial charge in [-0.3, -0.25) is 0 Å². The summed E-state index contributed by atoms with van der Waals surface area (Å²) in [6, 6.07) is 7.73. The van der Waals surface area contributed by atoms with Crippen molar-refractivity contribution in [2.45, 2.75) is 25.1 Å². The van der Waals surface area contributed by atoms with Crippen LogP contribution in [-0.4, -0.2) is 23.6 Å². The molecule has 0 radical (unpaired) electrons. The molecule has 1 aromatic heterocycles. The van der Waals surface area contributed by atoms with Gasteiger partial charge >= 0.3 is 0 Å². The zero-order chi connectivity index (χ0) is 12.1. The van der Waals surface area contributed by atoms with E-state index in [0.717, 1.165) is 24.1 Å². The van der Waals surface area contributed by atoms with Crippen LogP contribution in [0.1, 0.15) is 19.2 Å². The van der Waals surface area contributed by atoms with Crippen molar-refractivity contribution < 1.29 is 9.15 Å². The fraction of sp³-hybridized carbons (Fsp3) is 0.462. The molecule has 2 aromatic rings. The maximum Gasteiger partial charge on any atom is 0.196 e. The van der Waals surface area contributed by atoms with E-state index >= 15 is 0 Å². The number of fused-ring (bicyclic) bond motifs is 1. The molecule has 0 aliphatic rings. The molecule has 0 amide bonds. The average Bonchev–Trinajstić information content (AvgIpc) is 2.71. The van der Waals surface area contributed by atoms with Crippen LogP contribution < -0.4 is 0 Å². The van der Waals surface area contributed by atoms with E-state index in [4.69, 9.17) is 20.8 Å². The number of halogens is 1. The zero-order valence-electron chi connectivity index (χ0n) is 9.86. The van der Waals surface area contributed by atoms with Gasteiger partial charge in [0.25, 0.3) is 0 Å². The molecular weight excluding hydrogens is 238 g/mol. The van der Waals surface area contributed by atoms with Crippen LogP contribution in [0.5, 0.6) is 0 Å². The third-order valence-electron chi connectivity index (χ3n) is 2.51. The standard InChI is InChI=1S/C13H16ClNO2/c1-2-16-8-7-10(14)9-13-15-11-5-3-4-6-12(11)17-13/h3-6,10H,2,7-9H2,1H3. The minimum absolute atomic E-state index is 0.00890. The maximum absolute atomic E-state index is 6.20. The van der Waals surface area contributed by atoms with Crippen molar-refractivity contribution in [3.63, 3.8) is 0 Å². The van der Waals surface area contributed by atoms with Crippen LogP contribution in [0.15, 0.2) is 28.7 Å². The number of ether oxygens (including phenoxy) is 1. The zero-order valence-corrected chi connectivity index (χ0v) is 10.6. The number of alkyl halides is 1. The first kappa shape index (κ1) is 12.4. The van der Waals surface area contributed by atoms with Crippen LogP contribution in [-0.2, 0) is 11.2 Å². The van der Waals surface area contributed by atoms with Gasteiger partial charge < -0.3 is 9.15 Å². The number of hydrogen-bond acceptors (Lipinski definition) is 3. The summed E-state index contributed by atoms with van der Waals surface area (Å²) in [5.74, 6) is 0.697. The van der Waals surface area contributed by atoms with Gasteiger partial charge in [0.2, 0.25) is 0 Å². The number of rotatable bonds is 6. The van der Waals surface area contributed by atoms with Crippen molar-refractivity contribution >= 4 is 22.7 Å². The highest BCUT2D eigenvalue weighted by molar-refractivity contribution is 6.20. The van der Waals surface area contributed by atoms with E-state index in [9.17, 15) is 0 Å². The van der Waals surface area contributed by atoms with Crippen LogP contribution in [0.3, 0.4) is 0 Å². The molecule has 2 rings (SSSR count). The molecule has 0 saturated heterocycles. The van der Waals surface area contributed by atoms with Gasteiger partial charge in [0, 0.05) is 25.0 Å². The molecular formula is C13H16ClNO2. The molecule has 0 aliphatic heterocycles. The first-order chi connectivity index (χ1) is 8.29. The van der Waals surface area contributed by atoms with Crippen molar-refractivity contribution in [2.75, 3.05) is 13.2 Å². The van der Waals surface area contributed by atoms with E-state index in [2.05, 4.69) is 4.98 Å². The normalized spacial score (nSPS) is 13.1. The van der Waals surface area contributed by atoms with Gasteiger partial charge in [-0.25, -0.2) is 4.98 Å². The average molecular weight is 254 g/mol. The summed E-state index contributed by atoms with van der Waals surface area (Å²) < 4.78 is 10.9. The highest BCUT2D eigenvalue weighted by Crippen LogP contribution is 2.18. The highest BCUT2D eigenvalue weighted by Gasteiger charge is 2.11. The van der Waals surface area contributed by atoms with Crippen LogP contribution in [0.25, 0.3) is 11.1 Å². The fourth-order valence-electron chi connectivity index (χ4n) is 1.65. The topological polar surface area (TPSA) is 35.3 Å². The summed E-state index contributed by atoms with van der Waals surface area (Å²) in [7, 11) is 0. The number of benzene rings is 1. The number of hydrogen-bond donors (Lipinski definition) is 0. The molecule has 0 spiro atoms. The van der Waals surface area contributed by atoms with Crippen LogP contribution in [0.4, 0.5) is 0 Å². The summed E-state index contributed by atoms with van der Waals surface area (Å²) in [6.45, 7) is 3.39. The Balaban J connectivity index is 1.93. The van der Waals surface area contributed by atoms with Gasteiger partial charge in [-0.05, 0) is 25.5 Å². The van der Waals surface area contributed by atoms with Crippen LogP contribution in [0.2, 0.25) is 0 Å². The molecule has 17 heavy (non-hydrogen) atoms. The van der Waals surface area contributed by atoms with Gasteiger partial charge in [0.15, 0.2) is 11.5 Å². The van der Waals surface area contributed by atoms with Gasteiger partial charge in [-0.2, -0.15) is 0 Å². The molecule has 1 aromatic carbocycles. The minimum Gasteiger partial charge on any atom is -0.441 e. The molecule has 1 heterocycles. The maximum atomic E-state index is 6.20. The smallest absolute Gasteiger partial charge is 0.196 e. The quantitative estimate of drug-likeness (QED) is 0.585. The van der Waals surface area contributed by atoms with Crippen molar-refractivity contribution in [3.05, 3.63) is 30.2 Å². The number of para-hydroxylation sites is 2. The lowest BCUT2D eigenvalue weighted by atomic mass is 10.2. The van der Waals surface area contributed by atoms with Gasteiger partial charge in [-0.15, -0.1) is 11.6 Å². The first-order valence-corrected chi connectivity index (χ1v) is 6.29. The molecule has 0 fully saturated rings. The second-order valence-corrected chi connectivity index (χ2v) is 4.48. The molecule has 0 saturated carbocycles. The molecule has 3 nitrogen and oxygen atoms in total. The molecule has 0 bridgehead atoms. The summed E-state index contributed by atoms with van der Waals surface area (Å²) in [5, 5.41) is 0.00890. The Morgan fingerprint density at radius 2 is 2.24 bits per heavy atom. The molecule has 92 valence electrons. The van der Waals surface area contributed by atoms with E-state index in [0.29, 0.717) is 18.9 Å². The molecule has 4 heteroatoms. The predicted octanol–water partition coefficient (Wildman–Crippen LogP) is 3.40. The van der Waals surface area contributed by atoms with E-state index < -0.39 is 0 Å². The summed E-state index contributed by atoms with van der Waals surface area (Å²) in [4.78, 5) is 4.39. The van der Waals surface area contributed by atoms with Gasteiger partial charge in [0.05, 0.1) is 0 Å². The van der Waals surface area contributed by atoms with Crippen LogP contribution in [0, 0.1) is 0 Å². The first-order valence-electron chi connectivity index (χ1n) is 5.86. The largest absolute Gasteiger partial charge is 0.441 e. The van der Waals surface area contributed by atoms with E-state index in [1.54, 1.807) is 0 Å². The SMILES string of the molecule is CCOCCC(Cl)Cc1nc2ccccc2o1. The lowest BCUT2D eigenvalue weighted by Gasteiger charge is -2.06. The Morgan fingerprint density at radius 1 is 1.41 bits per heavy atom. The van der Waals surface area contributed by atoms with E-state index in [1.807, 2.05) is 31.2 Å². The van der Waals surface area contributed by atoms with Gasteiger partial charge in [-0.1, -0.05) is 12.1 Å². The Bertz CT molecular complexity index is 436. The predicted molar refractivity (Wildman–Crippen MR) is 68.5 cm³/mol. The summed E-state index contributed by atoms with van der Waals surface area (Å²) in [5.41, 5.74) is 1.70. The highest BCUT2D eigenvalue weighted by atomic mass is 35.5. The van der Waals surface area contributed by atoms with Crippen molar-refractivity contribution in [3.8, 4) is 0 Å². The van der Waals surface area contributed by atoms with Crippen molar-refractivity contribution in [1.29, 1.82) is 0 Å². The number of nitrogens with zero attached hydrogens (tertiary/aromatic N) is 1. The summed E-state index contributed by atoms with van der Waals surface area (Å²) in [6.07, 6.45) is 1.46. The Kier molecular flexibility index (Phi) is 4.40. The molecule has 1 atom stereocenters. The number of oxazole rings is 1.